The third-order valence-corrected chi connectivity index (χ3v) is 5.39. The first-order valence-electron chi connectivity index (χ1n) is 9.91. The van der Waals surface area contributed by atoms with Crippen LogP contribution in [0, 0.1) is 0 Å². The molecule has 2 heterocycles. The molecule has 1 amide bonds. The van der Waals surface area contributed by atoms with E-state index in [1.165, 1.54) is 12.1 Å². The van der Waals surface area contributed by atoms with Gasteiger partial charge in [0, 0.05) is 32.0 Å². The number of amides is 1. The lowest BCUT2D eigenvalue weighted by Gasteiger charge is -2.33. The van der Waals surface area contributed by atoms with Gasteiger partial charge in [0.25, 0.3) is 5.56 Å². The summed E-state index contributed by atoms with van der Waals surface area (Å²) in [5.41, 5.74) is -0.340. The maximum atomic E-state index is 12.6. The Balaban J connectivity index is 1.71. The fourth-order valence-corrected chi connectivity index (χ4v) is 3.44. The summed E-state index contributed by atoms with van der Waals surface area (Å²) >= 11 is 12.0. The molecule has 0 saturated carbocycles. The number of nitrogens with zero attached hydrogens (tertiary/aromatic N) is 3. The van der Waals surface area contributed by atoms with Crippen LogP contribution in [0.5, 0.6) is 5.75 Å². The predicted molar refractivity (Wildman–Crippen MR) is 117 cm³/mol. The Morgan fingerprint density at radius 3 is 2.45 bits per heavy atom. The number of hydrogen-bond acceptors (Lipinski definition) is 6. The third kappa shape index (κ3) is 5.90. The molecular formula is C21H25Cl2N3O5. The van der Waals surface area contributed by atoms with Gasteiger partial charge in [0.15, 0.2) is 5.75 Å². The highest BCUT2D eigenvalue weighted by Crippen LogP contribution is 2.25. The van der Waals surface area contributed by atoms with Gasteiger partial charge in [-0.05, 0) is 39.0 Å². The Hall–Kier alpha value is -2.29. The molecule has 3 rings (SSSR count). The van der Waals surface area contributed by atoms with E-state index in [-0.39, 0.29) is 28.7 Å². The van der Waals surface area contributed by atoms with E-state index in [9.17, 15) is 14.7 Å². The van der Waals surface area contributed by atoms with Crippen LogP contribution >= 0.6 is 23.2 Å². The van der Waals surface area contributed by atoms with Crippen molar-refractivity contribution < 1.29 is 19.4 Å². The molecule has 10 heteroatoms. The molecule has 2 aromatic rings. The van der Waals surface area contributed by atoms with E-state index < -0.39 is 17.8 Å². The zero-order chi connectivity index (χ0) is 22.8. The largest absolute Gasteiger partial charge is 0.488 e. The Morgan fingerprint density at radius 1 is 1.19 bits per heavy atom. The molecule has 0 atom stereocenters. The van der Waals surface area contributed by atoms with Crippen molar-refractivity contribution in [2.75, 3.05) is 13.1 Å². The van der Waals surface area contributed by atoms with Gasteiger partial charge in [0.05, 0.1) is 22.3 Å². The summed E-state index contributed by atoms with van der Waals surface area (Å²) in [6, 6.07) is 5.99. The van der Waals surface area contributed by atoms with Gasteiger partial charge in [0.1, 0.15) is 17.4 Å². The van der Waals surface area contributed by atoms with Gasteiger partial charge in [-0.1, -0.05) is 23.2 Å². The summed E-state index contributed by atoms with van der Waals surface area (Å²) in [5.74, 6) is 0.222. The fourth-order valence-electron chi connectivity index (χ4n) is 3.15. The molecule has 1 fully saturated rings. The molecule has 1 aromatic carbocycles. The van der Waals surface area contributed by atoms with Crippen LogP contribution in [0.3, 0.4) is 0 Å². The van der Waals surface area contributed by atoms with Gasteiger partial charge in [0.2, 0.25) is 0 Å². The SMILES string of the molecule is CC(C)(C)OC(=O)N1CCC(Oc2cc(=O)n(-c3ccc(Cl)c(Cl)c3)nc2CO)CC1. The van der Waals surface area contributed by atoms with Crippen molar-refractivity contribution in [1.82, 2.24) is 14.7 Å². The Labute approximate surface area is 190 Å². The first-order chi connectivity index (χ1) is 14.6. The number of hydrogen-bond donors (Lipinski definition) is 1. The highest BCUT2D eigenvalue weighted by molar-refractivity contribution is 6.42. The molecule has 0 radical (unpaired) electrons. The first kappa shape index (κ1) is 23.4. The number of likely N-dealkylation sites (tertiary alicyclic amines) is 1. The second-order valence-corrected chi connectivity index (χ2v) is 9.06. The van der Waals surface area contributed by atoms with Gasteiger partial charge in [-0.25, -0.2) is 4.79 Å². The smallest absolute Gasteiger partial charge is 0.410 e. The lowest BCUT2D eigenvalue weighted by Crippen LogP contribution is -2.44. The number of aliphatic hydroxyl groups is 1. The van der Waals surface area contributed by atoms with E-state index in [0.29, 0.717) is 36.6 Å². The second kappa shape index (κ2) is 9.46. The molecule has 1 aliphatic heterocycles. The standard InChI is InChI=1S/C21H25Cl2N3O5/c1-21(2,3)31-20(29)25-8-6-14(7-9-25)30-18-11-19(28)26(24-17(18)12-27)13-4-5-15(22)16(23)10-13/h4-5,10-11,14,27H,6-9,12H2,1-3H3. The van der Waals surface area contributed by atoms with Crippen molar-refractivity contribution in [3.8, 4) is 11.4 Å². The van der Waals surface area contributed by atoms with Crippen LogP contribution in [0.25, 0.3) is 5.69 Å². The molecule has 1 aliphatic rings. The molecule has 1 aromatic heterocycles. The molecule has 0 aliphatic carbocycles. The van der Waals surface area contributed by atoms with Crippen LogP contribution < -0.4 is 10.3 Å². The highest BCUT2D eigenvalue weighted by atomic mass is 35.5. The van der Waals surface area contributed by atoms with Crippen molar-refractivity contribution in [3.63, 3.8) is 0 Å². The molecule has 31 heavy (non-hydrogen) atoms. The number of aromatic nitrogens is 2. The zero-order valence-corrected chi connectivity index (χ0v) is 19.1. The number of piperidine rings is 1. The second-order valence-electron chi connectivity index (χ2n) is 8.25. The number of carbonyl (C=O) groups is 1. The molecule has 168 valence electrons. The minimum atomic E-state index is -0.551. The molecule has 0 unspecified atom stereocenters. The highest BCUT2D eigenvalue weighted by Gasteiger charge is 2.28. The molecule has 1 N–H and O–H groups in total. The number of ether oxygens (including phenoxy) is 2. The van der Waals surface area contributed by atoms with Crippen LogP contribution in [-0.2, 0) is 11.3 Å². The predicted octanol–water partition coefficient (Wildman–Crippen LogP) is 3.81. The molecule has 1 saturated heterocycles. The maximum Gasteiger partial charge on any atom is 0.410 e. The van der Waals surface area contributed by atoms with Crippen LogP contribution in [0.4, 0.5) is 4.79 Å². The van der Waals surface area contributed by atoms with E-state index >= 15 is 0 Å². The van der Waals surface area contributed by atoms with Crippen LogP contribution in [0.2, 0.25) is 10.0 Å². The molecule has 0 spiro atoms. The third-order valence-electron chi connectivity index (χ3n) is 4.65. The van der Waals surface area contributed by atoms with E-state index in [1.54, 1.807) is 17.0 Å². The summed E-state index contributed by atoms with van der Waals surface area (Å²) in [5, 5.41) is 14.6. The number of rotatable bonds is 4. The summed E-state index contributed by atoms with van der Waals surface area (Å²) in [6.07, 6.45) is 0.568. The van der Waals surface area contributed by atoms with Gasteiger partial charge in [-0.3, -0.25) is 4.79 Å². The lowest BCUT2D eigenvalue weighted by molar-refractivity contribution is 0.0124. The van der Waals surface area contributed by atoms with E-state index in [2.05, 4.69) is 5.10 Å². The number of aliphatic hydroxyl groups excluding tert-OH is 1. The minimum absolute atomic E-state index is 0.217. The summed E-state index contributed by atoms with van der Waals surface area (Å²) in [6.45, 7) is 6.01. The van der Waals surface area contributed by atoms with Crippen molar-refractivity contribution in [2.24, 2.45) is 0 Å². The average Bonchev–Trinajstić information content (AvgIpc) is 2.69. The number of benzene rings is 1. The zero-order valence-electron chi connectivity index (χ0n) is 17.6. The van der Waals surface area contributed by atoms with Crippen molar-refractivity contribution in [2.45, 2.75) is 51.9 Å². The lowest BCUT2D eigenvalue weighted by atomic mass is 10.1. The van der Waals surface area contributed by atoms with Crippen molar-refractivity contribution >= 4 is 29.3 Å². The Kier molecular flexibility index (Phi) is 7.13. The van der Waals surface area contributed by atoms with Crippen LogP contribution in [-0.4, -0.2) is 50.7 Å². The number of halogens is 2. The van der Waals surface area contributed by atoms with Crippen LogP contribution in [0.1, 0.15) is 39.3 Å². The van der Waals surface area contributed by atoms with Crippen molar-refractivity contribution in [1.29, 1.82) is 0 Å². The minimum Gasteiger partial charge on any atom is -0.488 e. The quantitative estimate of drug-likeness (QED) is 0.731. The topological polar surface area (TPSA) is 93.9 Å². The van der Waals surface area contributed by atoms with E-state index in [1.807, 2.05) is 20.8 Å². The summed E-state index contributed by atoms with van der Waals surface area (Å²) < 4.78 is 12.5. The summed E-state index contributed by atoms with van der Waals surface area (Å²) in [4.78, 5) is 26.5. The Morgan fingerprint density at radius 2 is 1.87 bits per heavy atom. The molecular weight excluding hydrogens is 445 g/mol. The van der Waals surface area contributed by atoms with Crippen molar-refractivity contribution in [3.05, 3.63) is 50.4 Å². The van der Waals surface area contributed by atoms with Gasteiger partial charge < -0.3 is 19.5 Å². The normalized spacial score (nSPS) is 15.1. The van der Waals surface area contributed by atoms with E-state index in [4.69, 9.17) is 32.7 Å². The summed E-state index contributed by atoms with van der Waals surface area (Å²) in [7, 11) is 0. The van der Waals surface area contributed by atoms with Gasteiger partial charge >= 0.3 is 6.09 Å². The molecule has 8 nitrogen and oxygen atoms in total. The first-order valence-corrected chi connectivity index (χ1v) is 10.7. The Bertz CT molecular complexity index is 1010. The molecule has 0 bridgehead atoms. The van der Waals surface area contributed by atoms with E-state index in [0.717, 1.165) is 4.68 Å². The number of carbonyl (C=O) groups excluding carboxylic acids is 1. The maximum absolute atomic E-state index is 12.6. The van der Waals surface area contributed by atoms with Crippen LogP contribution in [0.15, 0.2) is 29.1 Å². The monoisotopic (exact) mass is 469 g/mol. The van der Waals surface area contributed by atoms with Gasteiger partial charge in [-0.15, -0.1) is 0 Å². The fraction of sp³-hybridized carbons (Fsp3) is 0.476. The average molecular weight is 470 g/mol. The van der Waals surface area contributed by atoms with Gasteiger partial charge in [-0.2, -0.15) is 9.78 Å².